The fraction of sp³-hybridized carbons (Fsp3) is 0.154. The summed E-state index contributed by atoms with van der Waals surface area (Å²) in [5.41, 5.74) is 1.71. The Hall–Kier alpha value is -4.06. The molecule has 4 rings (SSSR count). The predicted molar refractivity (Wildman–Crippen MR) is 119 cm³/mol. The average Bonchev–Trinajstić information content (AvgIpc) is 3.44. The van der Waals surface area contributed by atoms with Gasteiger partial charge < -0.3 is 19.2 Å². The third-order valence-electron chi connectivity index (χ3n) is 5.32. The number of ether oxygens (including phenoxy) is 1. The van der Waals surface area contributed by atoms with Crippen molar-refractivity contribution in [3.05, 3.63) is 114 Å². The zero-order chi connectivity index (χ0) is 22.5. The van der Waals surface area contributed by atoms with Crippen LogP contribution in [0.4, 0.5) is 0 Å². The molecule has 1 N–H and O–H groups in total. The Kier molecular flexibility index (Phi) is 6.22. The van der Waals surface area contributed by atoms with Crippen molar-refractivity contribution in [1.82, 2.24) is 4.90 Å². The minimum absolute atomic E-state index is 0.00103. The number of furan rings is 1. The number of benzene rings is 2. The van der Waals surface area contributed by atoms with Crippen molar-refractivity contribution in [1.29, 1.82) is 0 Å². The fourth-order valence-corrected chi connectivity index (χ4v) is 3.83. The van der Waals surface area contributed by atoms with Gasteiger partial charge in [-0.05, 0) is 41.8 Å². The van der Waals surface area contributed by atoms with Crippen LogP contribution < -0.4 is 4.74 Å². The first-order valence-corrected chi connectivity index (χ1v) is 10.3. The Labute approximate surface area is 186 Å². The number of rotatable bonds is 9. The zero-order valence-electron chi connectivity index (χ0n) is 17.4. The number of Topliss-reactive ketones (excluding diaryl/α,β-unsaturated/α-hetero) is 1. The number of hydrogen-bond donors (Lipinski definition) is 1. The van der Waals surface area contributed by atoms with Gasteiger partial charge in [0.05, 0.1) is 17.9 Å². The number of aliphatic hydroxyl groups is 1. The van der Waals surface area contributed by atoms with Crippen molar-refractivity contribution < 1.29 is 23.8 Å². The Bertz CT molecular complexity index is 1150. The van der Waals surface area contributed by atoms with Gasteiger partial charge in [0.1, 0.15) is 12.4 Å². The smallest absolute Gasteiger partial charge is 0.290 e. The summed E-state index contributed by atoms with van der Waals surface area (Å²) in [6.07, 6.45) is 3.59. The quantitative estimate of drug-likeness (QED) is 0.395. The van der Waals surface area contributed by atoms with Crippen LogP contribution in [0.1, 0.15) is 27.7 Å². The third-order valence-corrected chi connectivity index (χ3v) is 5.32. The Balaban J connectivity index is 1.72. The molecule has 1 aromatic heterocycles. The average molecular weight is 429 g/mol. The second-order valence-corrected chi connectivity index (χ2v) is 7.38. The van der Waals surface area contributed by atoms with Crippen molar-refractivity contribution >= 4 is 11.7 Å². The van der Waals surface area contributed by atoms with Crippen LogP contribution >= 0.6 is 0 Å². The molecule has 1 amide bonds. The van der Waals surface area contributed by atoms with Crippen molar-refractivity contribution in [2.24, 2.45) is 0 Å². The summed E-state index contributed by atoms with van der Waals surface area (Å²) in [6, 6.07) is 19.2. The van der Waals surface area contributed by atoms with E-state index < -0.39 is 23.5 Å². The lowest BCUT2D eigenvalue weighted by atomic mass is 9.94. The summed E-state index contributed by atoms with van der Waals surface area (Å²) in [6.45, 7) is 4.30. The van der Waals surface area contributed by atoms with E-state index in [1.165, 1.54) is 17.2 Å². The highest BCUT2D eigenvalue weighted by molar-refractivity contribution is 6.15. The second kappa shape index (κ2) is 9.39. The molecule has 1 unspecified atom stereocenters. The molecule has 0 bridgehead atoms. The minimum Gasteiger partial charge on any atom is -0.503 e. The molecule has 2 heterocycles. The Morgan fingerprint density at radius 2 is 1.94 bits per heavy atom. The highest BCUT2D eigenvalue weighted by atomic mass is 16.5. The van der Waals surface area contributed by atoms with Gasteiger partial charge in [0.2, 0.25) is 5.78 Å². The van der Waals surface area contributed by atoms with Crippen molar-refractivity contribution in [2.75, 3.05) is 13.2 Å². The van der Waals surface area contributed by atoms with Gasteiger partial charge in [-0.15, -0.1) is 0 Å². The molecule has 6 nitrogen and oxygen atoms in total. The van der Waals surface area contributed by atoms with Gasteiger partial charge in [0, 0.05) is 6.54 Å². The van der Waals surface area contributed by atoms with Crippen LogP contribution in [0.15, 0.2) is 101 Å². The second-order valence-electron chi connectivity index (χ2n) is 7.38. The van der Waals surface area contributed by atoms with E-state index in [1.54, 1.807) is 30.3 Å². The van der Waals surface area contributed by atoms with Crippen LogP contribution in [0.5, 0.6) is 5.75 Å². The molecule has 0 saturated heterocycles. The monoisotopic (exact) mass is 429 g/mol. The van der Waals surface area contributed by atoms with E-state index in [-0.39, 0.29) is 11.3 Å². The number of amides is 1. The van der Waals surface area contributed by atoms with Gasteiger partial charge in [0.25, 0.3) is 5.91 Å². The first-order valence-electron chi connectivity index (χ1n) is 10.3. The molecule has 162 valence electrons. The summed E-state index contributed by atoms with van der Waals surface area (Å²) in [4.78, 5) is 27.8. The van der Waals surface area contributed by atoms with Gasteiger partial charge in [-0.3, -0.25) is 9.59 Å². The maximum atomic E-state index is 13.2. The molecule has 32 heavy (non-hydrogen) atoms. The van der Waals surface area contributed by atoms with Crippen LogP contribution in [-0.4, -0.2) is 34.8 Å². The van der Waals surface area contributed by atoms with Crippen LogP contribution in [0.25, 0.3) is 0 Å². The molecule has 1 aliphatic rings. The topological polar surface area (TPSA) is 80.0 Å². The van der Waals surface area contributed by atoms with Gasteiger partial charge in [-0.2, -0.15) is 0 Å². The standard InChI is InChI=1S/C26H23NO5/c1-2-15-31-20-11-6-10-19(17-20)23-22(24(28)21-12-7-16-32-21)25(29)26(30)27(23)14-13-18-8-4-3-5-9-18/h2-12,16-17,23,29H,1,13-15H2. The maximum Gasteiger partial charge on any atom is 0.290 e. The molecule has 0 radical (unpaired) electrons. The third kappa shape index (κ3) is 4.21. The summed E-state index contributed by atoms with van der Waals surface area (Å²) >= 11 is 0. The number of carbonyl (C=O) groups is 2. The van der Waals surface area contributed by atoms with E-state index >= 15 is 0 Å². The number of nitrogens with zero attached hydrogens (tertiary/aromatic N) is 1. The first-order chi connectivity index (χ1) is 15.6. The SMILES string of the molecule is C=CCOc1cccc(C2C(C(=O)c3ccco3)=C(O)C(=O)N2CCc2ccccc2)c1. The van der Waals surface area contributed by atoms with E-state index in [0.29, 0.717) is 30.9 Å². The van der Waals surface area contributed by atoms with Crippen molar-refractivity contribution in [2.45, 2.75) is 12.5 Å². The predicted octanol–water partition coefficient (Wildman–Crippen LogP) is 4.67. The number of ketones is 1. The van der Waals surface area contributed by atoms with Crippen molar-refractivity contribution in [3.63, 3.8) is 0 Å². The lowest BCUT2D eigenvalue weighted by Gasteiger charge is -2.27. The van der Waals surface area contributed by atoms with E-state index in [1.807, 2.05) is 36.4 Å². The van der Waals surface area contributed by atoms with E-state index in [4.69, 9.17) is 9.15 Å². The van der Waals surface area contributed by atoms with Crippen LogP contribution in [0, 0.1) is 0 Å². The van der Waals surface area contributed by atoms with Gasteiger partial charge in [0.15, 0.2) is 11.5 Å². The van der Waals surface area contributed by atoms with Crippen LogP contribution in [0.3, 0.4) is 0 Å². The molecule has 3 aromatic rings. The molecule has 0 aliphatic carbocycles. The summed E-state index contributed by atoms with van der Waals surface area (Å²) in [5.74, 6) is -1.02. The Morgan fingerprint density at radius 1 is 1.12 bits per heavy atom. The Morgan fingerprint density at radius 3 is 2.66 bits per heavy atom. The van der Waals surface area contributed by atoms with E-state index in [2.05, 4.69) is 6.58 Å². The molecule has 6 heteroatoms. The van der Waals surface area contributed by atoms with E-state index in [9.17, 15) is 14.7 Å². The molecular weight excluding hydrogens is 406 g/mol. The molecule has 2 aromatic carbocycles. The number of aliphatic hydroxyl groups excluding tert-OH is 1. The van der Waals surface area contributed by atoms with Crippen LogP contribution in [-0.2, 0) is 11.2 Å². The summed E-state index contributed by atoms with van der Waals surface area (Å²) < 4.78 is 10.9. The lowest BCUT2D eigenvalue weighted by molar-refractivity contribution is -0.129. The molecule has 1 atom stereocenters. The molecular formula is C26H23NO5. The summed E-state index contributed by atoms with van der Waals surface area (Å²) in [5, 5.41) is 10.7. The lowest BCUT2D eigenvalue weighted by Crippen LogP contribution is -2.33. The summed E-state index contributed by atoms with van der Waals surface area (Å²) in [7, 11) is 0. The molecule has 0 saturated carbocycles. The molecule has 0 spiro atoms. The van der Waals surface area contributed by atoms with Gasteiger partial charge in [-0.1, -0.05) is 55.1 Å². The zero-order valence-corrected chi connectivity index (χ0v) is 17.4. The van der Waals surface area contributed by atoms with Crippen molar-refractivity contribution in [3.8, 4) is 5.75 Å². The number of carbonyl (C=O) groups excluding carboxylic acids is 2. The fourth-order valence-electron chi connectivity index (χ4n) is 3.83. The van der Waals surface area contributed by atoms with Gasteiger partial charge in [-0.25, -0.2) is 0 Å². The highest BCUT2D eigenvalue weighted by Crippen LogP contribution is 2.40. The minimum atomic E-state index is -0.768. The largest absolute Gasteiger partial charge is 0.503 e. The highest BCUT2D eigenvalue weighted by Gasteiger charge is 2.44. The van der Waals surface area contributed by atoms with Gasteiger partial charge >= 0.3 is 0 Å². The number of hydrogen-bond acceptors (Lipinski definition) is 5. The van der Waals surface area contributed by atoms with E-state index in [0.717, 1.165) is 5.56 Å². The maximum absolute atomic E-state index is 13.2. The normalized spacial score (nSPS) is 15.8. The molecule has 0 fully saturated rings. The first kappa shape index (κ1) is 21.2. The van der Waals surface area contributed by atoms with Crippen LogP contribution in [0.2, 0.25) is 0 Å². The molecule has 1 aliphatic heterocycles.